The number of rotatable bonds is 5. The van der Waals surface area contributed by atoms with Gasteiger partial charge in [0.15, 0.2) is 0 Å². The number of hydrogen-bond donors (Lipinski definition) is 0. The van der Waals surface area contributed by atoms with E-state index in [-0.39, 0.29) is 0 Å². The minimum absolute atomic E-state index is 0.303. The molecule has 0 bridgehead atoms. The number of nitrogens with zero attached hydrogens (tertiary/aromatic N) is 3. The summed E-state index contributed by atoms with van der Waals surface area (Å²) in [5.41, 5.74) is 1.22. The SMILES string of the molecule is COc1ccccc1C(C)N1CCN(C(=O)CC2CCN(C)CC2)CC1. The summed E-state index contributed by atoms with van der Waals surface area (Å²) in [6.45, 7) is 8.02. The van der Waals surface area contributed by atoms with Crippen molar-refractivity contribution in [3.63, 3.8) is 0 Å². The summed E-state index contributed by atoms with van der Waals surface area (Å²) < 4.78 is 5.51. The van der Waals surface area contributed by atoms with E-state index in [0.717, 1.165) is 64.3 Å². The van der Waals surface area contributed by atoms with Gasteiger partial charge in [-0.2, -0.15) is 0 Å². The molecule has 1 atom stereocenters. The summed E-state index contributed by atoms with van der Waals surface area (Å²) in [6, 6.07) is 8.54. The van der Waals surface area contributed by atoms with Crippen molar-refractivity contribution in [3.05, 3.63) is 29.8 Å². The highest BCUT2D eigenvalue weighted by Crippen LogP contribution is 2.29. The van der Waals surface area contributed by atoms with Crippen LogP contribution >= 0.6 is 0 Å². The first-order valence-electron chi connectivity index (χ1n) is 9.91. The molecule has 5 nitrogen and oxygen atoms in total. The third kappa shape index (κ3) is 4.57. The highest BCUT2D eigenvalue weighted by Gasteiger charge is 2.28. The van der Waals surface area contributed by atoms with Gasteiger partial charge in [-0.3, -0.25) is 9.69 Å². The molecule has 1 unspecified atom stereocenters. The van der Waals surface area contributed by atoms with Crippen LogP contribution in [0.2, 0.25) is 0 Å². The second-order valence-electron chi connectivity index (χ2n) is 7.79. The maximum absolute atomic E-state index is 12.7. The Balaban J connectivity index is 1.50. The van der Waals surface area contributed by atoms with Gasteiger partial charge in [-0.1, -0.05) is 18.2 Å². The average molecular weight is 360 g/mol. The molecule has 1 aromatic carbocycles. The van der Waals surface area contributed by atoms with Crippen LogP contribution in [0.5, 0.6) is 5.75 Å². The van der Waals surface area contributed by atoms with Crippen LogP contribution in [0.25, 0.3) is 0 Å². The van der Waals surface area contributed by atoms with Gasteiger partial charge in [-0.25, -0.2) is 0 Å². The second kappa shape index (κ2) is 8.87. The molecule has 2 aliphatic heterocycles. The summed E-state index contributed by atoms with van der Waals surface area (Å²) in [4.78, 5) is 19.6. The third-order valence-electron chi connectivity index (χ3n) is 6.11. The molecule has 5 heteroatoms. The Kier molecular flexibility index (Phi) is 6.54. The number of likely N-dealkylation sites (tertiary alicyclic amines) is 1. The highest BCUT2D eigenvalue weighted by molar-refractivity contribution is 5.76. The summed E-state index contributed by atoms with van der Waals surface area (Å²) in [6.07, 6.45) is 3.05. The largest absolute Gasteiger partial charge is 0.496 e. The van der Waals surface area contributed by atoms with Gasteiger partial charge in [0.25, 0.3) is 0 Å². The monoisotopic (exact) mass is 359 g/mol. The molecule has 144 valence electrons. The van der Waals surface area contributed by atoms with Crippen LogP contribution in [0.4, 0.5) is 0 Å². The molecule has 0 saturated carbocycles. The number of carbonyl (C=O) groups excluding carboxylic acids is 1. The molecule has 1 aromatic rings. The molecule has 2 aliphatic rings. The zero-order valence-corrected chi connectivity index (χ0v) is 16.5. The van der Waals surface area contributed by atoms with Crippen molar-refractivity contribution in [3.8, 4) is 5.75 Å². The normalized spacial score (nSPS) is 21.6. The molecule has 3 rings (SSSR count). The van der Waals surface area contributed by atoms with Crippen LogP contribution in [0, 0.1) is 5.92 Å². The predicted octanol–water partition coefficient (Wildman–Crippen LogP) is 2.63. The first-order valence-corrected chi connectivity index (χ1v) is 9.91. The lowest BCUT2D eigenvalue weighted by atomic mass is 9.93. The molecular formula is C21H33N3O2. The minimum Gasteiger partial charge on any atom is -0.496 e. The maximum atomic E-state index is 12.7. The number of carbonyl (C=O) groups is 1. The van der Waals surface area contributed by atoms with Crippen LogP contribution in [0.15, 0.2) is 24.3 Å². The van der Waals surface area contributed by atoms with Gasteiger partial charge in [0.1, 0.15) is 5.75 Å². The van der Waals surface area contributed by atoms with Gasteiger partial charge in [0.05, 0.1) is 7.11 Å². The zero-order chi connectivity index (χ0) is 18.5. The van der Waals surface area contributed by atoms with Gasteiger partial charge < -0.3 is 14.5 Å². The van der Waals surface area contributed by atoms with E-state index in [1.54, 1.807) is 7.11 Å². The third-order valence-corrected chi connectivity index (χ3v) is 6.11. The molecule has 2 heterocycles. The van der Waals surface area contributed by atoms with E-state index in [0.29, 0.717) is 17.9 Å². The second-order valence-corrected chi connectivity index (χ2v) is 7.79. The lowest BCUT2D eigenvalue weighted by molar-refractivity contribution is -0.134. The Morgan fingerprint density at radius 2 is 1.77 bits per heavy atom. The number of piperazine rings is 1. The van der Waals surface area contributed by atoms with Crippen molar-refractivity contribution in [2.75, 3.05) is 53.4 Å². The van der Waals surface area contributed by atoms with Gasteiger partial charge in [0.2, 0.25) is 5.91 Å². The average Bonchev–Trinajstić information content (AvgIpc) is 2.69. The Bertz CT molecular complexity index is 591. The van der Waals surface area contributed by atoms with E-state index >= 15 is 0 Å². The number of piperidine rings is 1. The van der Waals surface area contributed by atoms with Gasteiger partial charge in [-0.05, 0) is 51.9 Å². The van der Waals surface area contributed by atoms with E-state index in [1.165, 1.54) is 5.56 Å². The fourth-order valence-corrected chi connectivity index (χ4v) is 4.21. The van der Waals surface area contributed by atoms with Crippen LogP contribution in [-0.2, 0) is 4.79 Å². The van der Waals surface area contributed by atoms with E-state index in [2.05, 4.69) is 40.8 Å². The minimum atomic E-state index is 0.303. The molecule has 0 aliphatic carbocycles. The summed E-state index contributed by atoms with van der Waals surface area (Å²) in [5, 5.41) is 0. The number of para-hydroxylation sites is 1. The number of benzene rings is 1. The molecular weight excluding hydrogens is 326 g/mol. The molecule has 2 saturated heterocycles. The molecule has 0 N–H and O–H groups in total. The smallest absolute Gasteiger partial charge is 0.222 e. The van der Waals surface area contributed by atoms with Crippen LogP contribution in [-0.4, -0.2) is 74.0 Å². The Labute approximate surface area is 157 Å². The number of amides is 1. The van der Waals surface area contributed by atoms with Crippen LogP contribution < -0.4 is 4.74 Å². The van der Waals surface area contributed by atoms with E-state index in [9.17, 15) is 4.79 Å². The van der Waals surface area contributed by atoms with Crippen molar-refractivity contribution < 1.29 is 9.53 Å². The van der Waals surface area contributed by atoms with Crippen molar-refractivity contribution in [1.29, 1.82) is 0 Å². The Morgan fingerprint density at radius 1 is 1.12 bits per heavy atom. The van der Waals surface area contributed by atoms with Crippen molar-refractivity contribution >= 4 is 5.91 Å². The van der Waals surface area contributed by atoms with E-state index in [1.807, 2.05) is 12.1 Å². The van der Waals surface area contributed by atoms with Crippen molar-refractivity contribution in [2.24, 2.45) is 5.92 Å². The van der Waals surface area contributed by atoms with Gasteiger partial charge in [0, 0.05) is 44.2 Å². The van der Waals surface area contributed by atoms with E-state index in [4.69, 9.17) is 4.74 Å². The van der Waals surface area contributed by atoms with Crippen molar-refractivity contribution in [2.45, 2.75) is 32.2 Å². The lowest BCUT2D eigenvalue weighted by Crippen LogP contribution is -2.49. The Hall–Kier alpha value is -1.59. The van der Waals surface area contributed by atoms with Gasteiger partial charge >= 0.3 is 0 Å². The van der Waals surface area contributed by atoms with Crippen molar-refractivity contribution in [1.82, 2.24) is 14.7 Å². The molecule has 1 amide bonds. The van der Waals surface area contributed by atoms with Gasteiger partial charge in [-0.15, -0.1) is 0 Å². The molecule has 0 aromatic heterocycles. The number of hydrogen-bond acceptors (Lipinski definition) is 4. The predicted molar refractivity (Wildman–Crippen MR) is 104 cm³/mol. The molecule has 0 radical (unpaired) electrons. The number of methoxy groups -OCH3 is 1. The molecule has 0 spiro atoms. The Morgan fingerprint density at radius 3 is 2.42 bits per heavy atom. The first kappa shape index (κ1) is 19.2. The van der Waals surface area contributed by atoms with Crippen LogP contribution in [0.3, 0.4) is 0 Å². The van der Waals surface area contributed by atoms with E-state index < -0.39 is 0 Å². The molecule has 26 heavy (non-hydrogen) atoms. The lowest BCUT2D eigenvalue weighted by Gasteiger charge is -2.39. The topological polar surface area (TPSA) is 36.0 Å². The number of ether oxygens (including phenoxy) is 1. The fourth-order valence-electron chi connectivity index (χ4n) is 4.21. The molecule has 2 fully saturated rings. The summed E-state index contributed by atoms with van der Waals surface area (Å²) >= 11 is 0. The van der Waals surface area contributed by atoms with Crippen LogP contribution in [0.1, 0.15) is 37.8 Å². The quantitative estimate of drug-likeness (QED) is 0.810. The fraction of sp³-hybridized carbons (Fsp3) is 0.667. The maximum Gasteiger partial charge on any atom is 0.222 e. The standard InChI is InChI=1S/C21H33N3O2/c1-17(19-6-4-5-7-20(19)26-3)23-12-14-24(15-13-23)21(25)16-18-8-10-22(2)11-9-18/h4-7,17-18H,8-16H2,1-3H3. The summed E-state index contributed by atoms with van der Waals surface area (Å²) in [5.74, 6) is 1.87. The zero-order valence-electron chi connectivity index (χ0n) is 16.5. The highest BCUT2D eigenvalue weighted by atomic mass is 16.5. The summed E-state index contributed by atoms with van der Waals surface area (Å²) in [7, 11) is 3.89. The first-order chi connectivity index (χ1) is 12.6.